The van der Waals surface area contributed by atoms with Gasteiger partial charge >= 0.3 is 0 Å². The lowest BCUT2D eigenvalue weighted by Gasteiger charge is -2.62. The van der Waals surface area contributed by atoms with E-state index in [2.05, 4.69) is 53.7 Å². The number of rotatable bonds is 7. The maximum absolute atomic E-state index is 12.2. The Morgan fingerprint density at radius 2 is 1.64 bits per heavy atom. The largest absolute Gasteiger partial charge is 0.394 e. The molecule has 240 valence electrons. The SMILES string of the molecule is CC(C)[C@@H](C)/C=C/[C@@H](C)[C@H]1CC[C@H]2C3=C[C@@H](O)[C@@]4(O)C[C@@H](OC5OC(CO)C(O)C(O)C5O)CC[C@]4(C)[C@H]3CC[C@]12C. The minimum Gasteiger partial charge on any atom is -0.394 e. The highest BCUT2D eigenvalue weighted by atomic mass is 16.7. The lowest BCUT2D eigenvalue weighted by atomic mass is 9.45. The molecule has 6 N–H and O–H groups in total. The quantitative estimate of drug-likeness (QED) is 0.248. The van der Waals surface area contributed by atoms with Crippen molar-refractivity contribution in [1.82, 2.24) is 0 Å². The molecule has 3 saturated carbocycles. The van der Waals surface area contributed by atoms with Gasteiger partial charge in [0.25, 0.3) is 0 Å². The number of hydrogen-bond acceptors (Lipinski definition) is 8. The summed E-state index contributed by atoms with van der Waals surface area (Å²) in [5.41, 5.74) is -0.427. The van der Waals surface area contributed by atoms with Crippen LogP contribution in [0.3, 0.4) is 0 Å². The molecule has 5 rings (SSSR count). The van der Waals surface area contributed by atoms with E-state index in [1.54, 1.807) is 0 Å². The highest BCUT2D eigenvalue weighted by Gasteiger charge is 2.65. The number of fused-ring (bicyclic) bond motifs is 5. The van der Waals surface area contributed by atoms with Crippen molar-refractivity contribution in [1.29, 1.82) is 0 Å². The summed E-state index contributed by atoms with van der Waals surface area (Å²) in [6, 6.07) is 0. The number of allylic oxidation sites excluding steroid dienone is 3. The van der Waals surface area contributed by atoms with E-state index in [1.807, 2.05) is 6.08 Å². The molecule has 0 amide bonds. The van der Waals surface area contributed by atoms with Crippen LogP contribution in [0, 0.1) is 46.3 Å². The molecular formula is C34H56O8. The van der Waals surface area contributed by atoms with Gasteiger partial charge in [0.15, 0.2) is 6.29 Å². The first-order chi connectivity index (χ1) is 19.7. The molecule has 8 nitrogen and oxygen atoms in total. The molecule has 0 aromatic carbocycles. The molecular weight excluding hydrogens is 536 g/mol. The van der Waals surface area contributed by atoms with Crippen molar-refractivity contribution in [2.45, 2.75) is 135 Å². The minimum absolute atomic E-state index is 0.167. The number of ether oxygens (including phenoxy) is 2. The van der Waals surface area contributed by atoms with Gasteiger partial charge in [0.05, 0.1) is 12.7 Å². The summed E-state index contributed by atoms with van der Waals surface area (Å²) in [7, 11) is 0. The highest BCUT2D eigenvalue weighted by molar-refractivity contribution is 5.33. The molecule has 42 heavy (non-hydrogen) atoms. The molecule has 1 saturated heterocycles. The van der Waals surface area contributed by atoms with Gasteiger partial charge in [-0.3, -0.25) is 0 Å². The topological polar surface area (TPSA) is 140 Å². The van der Waals surface area contributed by atoms with Crippen molar-refractivity contribution in [2.75, 3.05) is 6.61 Å². The van der Waals surface area contributed by atoms with Crippen LogP contribution in [0.15, 0.2) is 23.8 Å². The second-order valence-electron chi connectivity index (χ2n) is 15.3. The maximum atomic E-state index is 12.2. The minimum atomic E-state index is -1.52. The van der Waals surface area contributed by atoms with E-state index in [0.29, 0.717) is 42.4 Å². The Bertz CT molecular complexity index is 1030. The molecule has 0 bridgehead atoms. The molecule has 0 aromatic heterocycles. The summed E-state index contributed by atoms with van der Waals surface area (Å²) in [6.07, 6.45) is 4.25. The average molecular weight is 593 g/mol. The molecule has 0 aromatic rings. The highest BCUT2D eigenvalue weighted by Crippen LogP contribution is 2.67. The van der Waals surface area contributed by atoms with E-state index in [9.17, 15) is 30.6 Å². The molecule has 4 fully saturated rings. The molecule has 15 atom stereocenters. The van der Waals surface area contributed by atoms with E-state index in [4.69, 9.17) is 9.47 Å². The van der Waals surface area contributed by atoms with E-state index >= 15 is 0 Å². The number of hydrogen-bond donors (Lipinski definition) is 6. The van der Waals surface area contributed by atoms with Crippen LogP contribution < -0.4 is 0 Å². The maximum Gasteiger partial charge on any atom is 0.186 e. The van der Waals surface area contributed by atoms with Crippen LogP contribution in [0.1, 0.15) is 86.5 Å². The van der Waals surface area contributed by atoms with E-state index in [-0.39, 0.29) is 17.8 Å². The summed E-state index contributed by atoms with van der Waals surface area (Å²) in [6.45, 7) is 13.3. The van der Waals surface area contributed by atoms with Crippen LogP contribution >= 0.6 is 0 Å². The van der Waals surface area contributed by atoms with Gasteiger partial charge in [0.2, 0.25) is 0 Å². The van der Waals surface area contributed by atoms with Gasteiger partial charge in [0, 0.05) is 11.8 Å². The van der Waals surface area contributed by atoms with Crippen molar-refractivity contribution < 1.29 is 40.1 Å². The first-order valence-electron chi connectivity index (χ1n) is 16.4. The Morgan fingerprint density at radius 3 is 2.31 bits per heavy atom. The van der Waals surface area contributed by atoms with Gasteiger partial charge in [-0.25, -0.2) is 0 Å². The second kappa shape index (κ2) is 11.8. The second-order valence-corrected chi connectivity index (χ2v) is 15.3. The van der Waals surface area contributed by atoms with Gasteiger partial charge in [-0.05, 0) is 79.4 Å². The molecule has 5 aliphatic rings. The Labute approximate surface area is 251 Å². The zero-order chi connectivity index (χ0) is 30.8. The number of aliphatic hydroxyl groups is 6. The number of aliphatic hydroxyl groups excluding tert-OH is 5. The third-order valence-electron chi connectivity index (χ3n) is 12.9. The van der Waals surface area contributed by atoms with Gasteiger partial charge in [-0.2, -0.15) is 0 Å². The summed E-state index contributed by atoms with van der Waals surface area (Å²) in [4.78, 5) is 0. The predicted molar refractivity (Wildman–Crippen MR) is 159 cm³/mol. The molecule has 8 heteroatoms. The average Bonchev–Trinajstić information content (AvgIpc) is 3.30. The lowest BCUT2D eigenvalue weighted by Crippen LogP contribution is -2.66. The van der Waals surface area contributed by atoms with Crippen molar-refractivity contribution >= 4 is 0 Å². The zero-order valence-electron chi connectivity index (χ0n) is 26.4. The predicted octanol–water partition coefficient (Wildman–Crippen LogP) is 3.32. The smallest absolute Gasteiger partial charge is 0.186 e. The lowest BCUT2D eigenvalue weighted by molar-refractivity contribution is -0.322. The third kappa shape index (κ3) is 5.16. The molecule has 0 spiro atoms. The Kier molecular flexibility index (Phi) is 9.17. The van der Waals surface area contributed by atoms with E-state index < -0.39 is 60.5 Å². The van der Waals surface area contributed by atoms with Crippen LogP contribution in [0.25, 0.3) is 0 Å². The van der Waals surface area contributed by atoms with Crippen molar-refractivity contribution in [3.05, 3.63) is 23.8 Å². The fourth-order valence-electron chi connectivity index (χ4n) is 9.62. The standard InChI is InChI=1S/C34H56O8/c1-18(2)19(3)7-8-20(4)23-9-10-24-22-15-27(36)34(40)16-21(11-14-33(34,6)25(22)12-13-32(23,24)5)41-31-30(39)29(38)28(37)26(17-35)42-31/h7-8,15,18-21,23-31,35-40H,9-14,16-17H2,1-6H3/b8-7+/t19-,20+,21-,23+,24-,25-,26?,27+,28?,29?,30?,31?,32+,33+,34-/m0/s1. The van der Waals surface area contributed by atoms with Crippen LogP contribution in [0.4, 0.5) is 0 Å². The summed E-state index contributed by atoms with van der Waals surface area (Å²) >= 11 is 0. The monoisotopic (exact) mass is 592 g/mol. The van der Waals surface area contributed by atoms with Crippen molar-refractivity contribution in [3.8, 4) is 0 Å². The van der Waals surface area contributed by atoms with Gasteiger partial charge in [0.1, 0.15) is 36.1 Å². The molecule has 1 aliphatic heterocycles. The zero-order valence-corrected chi connectivity index (χ0v) is 26.4. The van der Waals surface area contributed by atoms with Crippen molar-refractivity contribution in [2.24, 2.45) is 46.3 Å². The van der Waals surface area contributed by atoms with Gasteiger partial charge in [-0.15, -0.1) is 0 Å². The van der Waals surface area contributed by atoms with E-state index in [0.717, 1.165) is 19.3 Å². The Hall–Kier alpha value is -0.840. The van der Waals surface area contributed by atoms with Gasteiger partial charge in [-0.1, -0.05) is 65.3 Å². The summed E-state index contributed by atoms with van der Waals surface area (Å²) < 4.78 is 11.6. The fraction of sp³-hybridized carbons (Fsp3) is 0.882. The van der Waals surface area contributed by atoms with Crippen LogP contribution in [-0.4, -0.2) is 85.8 Å². The molecule has 4 aliphatic carbocycles. The molecule has 5 unspecified atom stereocenters. The van der Waals surface area contributed by atoms with E-state index in [1.165, 1.54) is 12.0 Å². The van der Waals surface area contributed by atoms with Crippen LogP contribution in [0.5, 0.6) is 0 Å². The summed E-state index contributed by atoms with van der Waals surface area (Å²) in [5, 5.41) is 64.2. The van der Waals surface area contributed by atoms with Gasteiger partial charge < -0.3 is 40.1 Å². The Morgan fingerprint density at radius 1 is 0.929 bits per heavy atom. The summed E-state index contributed by atoms with van der Waals surface area (Å²) in [5.74, 6) is 2.85. The van der Waals surface area contributed by atoms with Crippen LogP contribution in [-0.2, 0) is 9.47 Å². The molecule has 0 radical (unpaired) electrons. The van der Waals surface area contributed by atoms with Crippen molar-refractivity contribution in [3.63, 3.8) is 0 Å². The first kappa shape index (κ1) is 32.6. The fourth-order valence-corrected chi connectivity index (χ4v) is 9.62. The third-order valence-corrected chi connectivity index (χ3v) is 12.9. The first-order valence-corrected chi connectivity index (χ1v) is 16.4. The van der Waals surface area contributed by atoms with Crippen LogP contribution in [0.2, 0.25) is 0 Å². The molecule has 1 heterocycles. The Balaban J connectivity index is 1.33. The normalized spacial score (nSPS) is 50.6.